The van der Waals surface area contributed by atoms with Crippen LogP contribution in [0.2, 0.25) is 0 Å². The second-order valence-corrected chi connectivity index (χ2v) is 4.61. The second-order valence-electron chi connectivity index (χ2n) is 4.61. The van der Waals surface area contributed by atoms with Crippen molar-refractivity contribution in [1.29, 1.82) is 0 Å². The molecular formula is C10H16F2N2O. The van der Waals surface area contributed by atoms with Gasteiger partial charge < -0.3 is 5.11 Å². The summed E-state index contributed by atoms with van der Waals surface area (Å²) >= 11 is 0. The number of aliphatic hydroxyl groups excluding tert-OH is 1. The minimum atomic E-state index is -2.78. The van der Waals surface area contributed by atoms with Crippen molar-refractivity contribution in [1.82, 2.24) is 9.78 Å². The number of aryl methyl sites for hydroxylation is 1. The predicted octanol–water partition coefficient (Wildman–Crippen LogP) is 2.02. The maximum Gasteiger partial charge on any atom is 0.269 e. The molecule has 1 aromatic rings. The summed E-state index contributed by atoms with van der Waals surface area (Å²) in [5, 5.41) is 13.4. The standard InChI is InChI=1S/C10H16F2N2O/c1-10(2,3)7-5-6(14(4)13-7)8(15)9(11)12/h5,8-9,15H,1-4H3. The molecule has 0 saturated carbocycles. The van der Waals surface area contributed by atoms with Crippen LogP contribution >= 0.6 is 0 Å². The van der Waals surface area contributed by atoms with E-state index in [1.54, 1.807) is 7.05 Å². The van der Waals surface area contributed by atoms with Crippen molar-refractivity contribution in [3.05, 3.63) is 17.5 Å². The first-order chi connectivity index (χ1) is 6.73. The van der Waals surface area contributed by atoms with E-state index in [-0.39, 0.29) is 11.1 Å². The summed E-state index contributed by atoms with van der Waals surface area (Å²) in [4.78, 5) is 0. The first-order valence-corrected chi connectivity index (χ1v) is 4.74. The summed E-state index contributed by atoms with van der Waals surface area (Å²) < 4.78 is 25.9. The number of nitrogens with zero attached hydrogens (tertiary/aromatic N) is 2. The number of rotatable bonds is 2. The number of hydrogen-bond donors (Lipinski definition) is 1. The van der Waals surface area contributed by atoms with E-state index >= 15 is 0 Å². The molecular weight excluding hydrogens is 202 g/mol. The molecule has 0 radical (unpaired) electrons. The molecule has 0 amide bonds. The third kappa shape index (κ3) is 2.53. The molecule has 0 aliphatic carbocycles. The molecule has 5 heteroatoms. The van der Waals surface area contributed by atoms with Gasteiger partial charge >= 0.3 is 0 Å². The number of alkyl halides is 2. The minimum absolute atomic E-state index is 0.148. The van der Waals surface area contributed by atoms with Gasteiger partial charge in [0.05, 0.1) is 11.4 Å². The molecule has 0 aliphatic rings. The van der Waals surface area contributed by atoms with E-state index in [0.29, 0.717) is 5.69 Å². The van der Waals surface area contributed by atoms with Gasteiger partial charge in [0.15, 0.2) is 6.10 Å². The SMILES string of the molecule is Cn1nc(C(C)(C)C)cc1C(O)C(F)F. The van der Waals surface area contributed by atoms with Crippen LogP contribution in [0, 0.1) is 0 Å². The fraction of sp³-hybridized carbons (Fsp3) is 0.700. The predicted molar refractivity (Wildman–Crippen MR) is 52.9 cm³/mol. The quantitative estimate of drug-likeness (QED) is 0.824. The van der Waals surface area contributed by atoms with Crippen LogP contribution in [0.5, 0.6) is 0 Å². The number of hydrogen-bond acceptors (Lipinski definition) is 2. The maximum absolute atomic E-state index is 12.3. The van der Waals surface area contributed by atoms with Crippen molar-refractivity contribution in [2.75, 3.05) is 0 Å². The average molecular weight is 218 g/mol. The number of aromatic nitrogens is 2. The Bertz CT molecular complexity index is 342. The zero-order valence-electron chi connectivity index (χ0n) is 9.33. The van der Waals surface area contributed by atoms with Gasteiger partial charge in [0.25, 0.3) is 6.43 Å². The van der Waals surface area contributed by atoms with Crippen molar-refractivity contribution in [3.63, 3.8) is 0 Å². The highest BCUT2D eigenvalue weighted by molar-refractivity contribution is 5.19. The summed E-state index contributed by atoms with van der Waals surface area (Å²) in [5.74, 6) is 0. The lowest BCUT2D eigenvalue weighted by molar-refractivity contribution is -0.0103. The van der Waals surface area contributed by atoms with E-state index in [9.17, 15) is 13.9 Å². The highest BCUT2D eigenvalue weighted by Gasteiger charge is 2.26. The molecule has 86 valence electrons. The Labute approximate surface area is 87.7 Å². The number of aliphatic hydroxyl groups is 1. The molecule has 1 heterocycles. The maximum atomic E-state index is 12.3. The highest BCUT2D eigenvalue weighted by Crippen LogP contribution is 2.26. The van der Waals surface area contributed by atoms with Crippen molar-refractivity contribution in [2.24, 2.45) is 7.05 Å². The Morgan fingerprint density at radius 2 is 1.93 bits per heavy atom. The van der Waals surface area contributed by atoms with Gasteiger partial charge in [-0.2, -0.15) is 5.10 Å². The van der Waals surface area contributed by atoms with Crippen molar-refractivity contribution in [3.8, 4) is 0 Å². The molecule has 1 aromatic heterocycles. The molecule has 0 spiro atoms. The van der Waals surface area contributed by atoms with Crippen LogP contribution in [-0.2, 0) is 12.5 Å². The van der Waals surface area contributed by atoms with Gasteiger partial charge in [-0.1, -0.05) is 20.8 Å². The molecule has 0 fully saturated rings. The lowest BCUT2D eigenvalue weighted by Gasteiger charge is -2.13. The molecule has 0 saturated heterocycles. The Kier molecular flexibility index (Phi) is 3.13. The molecule has 1 rings (SSSR count). The van der Waals surface area contributed by atoms with E-state index < -0.39 is 12.5 Å². The minimum Gasteiger partial charge on any atom is -0.381 e. The highest BCUT2D eigenvalue weighted by atomic mass is 19.3. The van der Waals surface area contributed by atoms with Crippen molar-refractivity contribution in [2.45, 2.75) is 38.7 Å². The molecule has 1 unspecified atom stereocenters. The van der Waals surface area contributed by atoms with E-state index in [1.807, 2.05) is 20.8 Å². The summed E-state index contributed by atoms with van der Waals surface area (Å²) in [7, 11) is 1.55. The first-order valence-electron chi connectivity index (χ1n) is 4.74. The first kappa shape index (κ1) is 12.1. The van der Waals surface area contributed by atoms with E-state index in [4.69, 9.17) is 0 Å². The van der Waals surface area contributed by atoms with Gasteiger partial charge in [-0.05, 0) is 6.07 Å². The van der Waals surface area contributed by atoms with Gasteiger partial charge in [-0.15, -0.1) is 0 Å². The summed E-state index contributed by atoms with van der Waals surface area (Å²) in [6.07, 6.45) is -4.55. The van der Waals surface area contributed by atoms with Crippen molar-refractivity contribution < 1.29 is 13.9 Å². The Morgan fingerprint density at radius 3 is 2.27 bits per heavy atom. The molecule has 1 N–H and O–H groups in total. The van der Waals surface area contributed by atoms with Gasteiger partial charge in [-0.3, -0.25) is 4.68 Å². The normalized spacial score (nSPS) is 14.7. The monoisotopic (exact) mass is 218 g/mol. The Hall–Kier alpha value is -0.970. The third-order valence-electron chi connectivity index (χ3n) is 2.23. The second kappa shape index (κ2) is 3.89. The average Bonchev–Trinajstić information content (AvgIpc) is 2.45. The summed E-state index contributed by atoms with van der Waals surface area (Å²) in [6.45, 7) is 5.82. The van der Waals surface area contributed by atoms with Gasteiger partial charge in [0, 0.05) is 12.5 Å². The third-order valence-corrected chi connectivity index (χ3v) is 2.23. The topological polar surface area (TPSA) is 38.0 Å². The zero-order valence-corrected chi connectivity index (χ0v) is 9.33. The van der Waals surface area contributed by atoms with Crippen LogP contribution in [0.15, 0.2) is 6.07 Å². The molecule has 3 nitrogen and oxygen atoms in total. The lowest BCUT2D eigenvalue weighted by atomic mass is 9.92. The van der Waals surface area contributed by atoms with Gasteiger partial charge in [0.2, 0.25) is 0 Å². The molecule has 0 bridgehead atoms. The van der Waals surface area contributed by atoms with E-state index in [1.165, 1.54) is 10.7 Å². The lowest BCUT2D eigenvalue weighted by Crippen LogP contribution is -2.12. The Balaban J connectivity index is 3.07. The largest absolute Gasteiger partial charge is 0.381 e. The smallest absolute Gasteiger partial charge is 0.269 e. The molecule has 0 aliphatic heterocycles. The number of halogens is 2. The summed E-state index contributed by atoms with van der Waals surface area (Å²) in [5.41, 5.74) is 0.632. The zero-order chi connectivity index (χ0) is 11.8. The van der Waals surface area contributed by atoms with E-state index in [2.05, 4.69) is 5.10 Å². The Morgan fingerprint density at radius 1 is 1.40 bits per heavy atom. The summed E-state index contributed by atoms with van der Waals surface area (Å²) in [6, 6.07) is 1.52. The fourth-order valence-electron chi connectivity index (χ4n) is 1.25. The molecule has 0 aromatic carbocycles. The van der Waals surface area contributed by atoms with Crippen LogP contribution in [-0.4, -0.2) is 21.3 Å². The van der Waals surface area contributed by atoms with Crippen LogP contribution in [0.3, 0.4) is 0 Å². The van der Waals surface area contributed by atoms with Gasteiger partial charge in [0.1, 0.15) is 0 Å². The van der Waals surface area contributed by atoms with Crippen LogP contribution < -0.4 is 0 Å². The van der Waals surface area contributed by atoms with Crippen molar-refractivity contribution >= 4 is 0 Å². The van der Waals surface area contributed by atoms with Gasteiger partial charge in [-0.25, -0.2) is 8.78 Å². The molecule has 15 heavy (non-hydrogen) atoms. The molecule has 1 atom stereocenters. The van der Waals surface area contributed by atoms with Crippen LogP contribution in [0.25, 0.3) is 0 Å². The van der Waals surface area contributed by atoms with Crippen LogP contribution in [0.4, 0.5) is 8.78 Å². The van der Waals surface area contributed by atoms with Crippen LogP contribution in [0.1, 0.15) is 38.3 Å². The fourth-order valence-corrected chi connectivity index (χ4v) is 1.25. The van der Waals surface area contributed by atoms with E-state index in [0.717, 1.165) is 0 Å².